The molecule has 0 bridgehead atoms. The molecule has 0 radical (unpaired) electrons. The SMILES string of the molecule is Cc1ccc(NC[C@H](C)NC[C@H](C)NCCCN2C(=O)C=CC2=O)cc1. The van der Waals surface area contributed by atoms with Gasteiger partial charge in [-0.1, -0.05) is 17.7 Å². The molecule has 2 atom stereocenters. The van der Waals surface area contributed by atoms with E-state index in [1.54, 1.807) is 0 Å². The Morgan fingerprint density at radius 1 is 0.923 bits per heavy atom. The van der Waals surface area contributed by atoms with E-state index in [1.807, 2.05) is 0 Å². The third-order valence-corrected chi connectivity index (χ3v) is 4.39. The summed E-state index contributed by atoms with van der Waals surface area (Å²) in [7, 11) is 0. The van der Waals surface area contributed by atoms with Crippen LogP contribution in [0.4, 0.5) is 5.69 Å². The molecule has 1 aliphatic heterocycles. The standard InChI is InChI=1S/C20H30N4O2/c1-15-5-7-18(8-6-15)23-14-17(3)22-13-16(2)21-11-4-12-24-19(25)9-10-20(24)26/h5-10,16-17,21-23H,4,11-14H2,1-3H3/t16-,17-/m0/s1. The first kappa shape index (κ1) is 20.1. The van der Waals surface area contributed by atoms with Crippen LogP contribution in [0.1, 0.15) is 25.8 Å². The molecule has 142 valence electrons. The molecule has 1 aliphatic rings. The zero-order valence-electron chi connectivity index (χ0n) is 15.9. The molecule has 0 spiro atoms. The van der Waals surface area contributed by atoms with E-state index in [0.717, 1.165) is 31.7 Å². The Morgan fingerprint density at radius 2 is 1.54 bits per heavy atom. The summed E-state index contributed by atoms with van der Waals surface area (Å²) in [5, 5.41) is 10.4. The highest BCUT2D eigenvalue weighted by atomic mass is 16.2. The number of nitrogens with zero attached hydrogens (tertiary/aromatic N) is 1. The maximum atomic E-state index is 11.5. The minimum Gasteiger partial charge on any atom is -0.383 e. The van der Waals surface area contributed by atoms with Gasteiger partial charge in [0.05, 0.1) is 0 Å². The molecule has 2 amide bonds. The van der Waals surface area contributed by atoms with E-state index in [0.29, 0.717) is 18.6 Å². The fraction of sp³-hybridized carbons (Fsp3) is 0.500. The second-order valence-corrected chi connectivity index (χ2v) is 6.93. The van der Waals surface area contributed by atoms with E-state index in [2.05, 4.69) is 61.0 Å². The highest BCUT2D eigenvalue weighted by Crippen LogP contribution is 2.08. The van der Waals surface area contributed by atoms with Crippen LogP contribution in [-0.4, -0.2) is 55.0 Å². The van der Waals surface area contributed by atoms with Crippen molar-refractivity contribution in [2.24, 2.45) is 0 Å². The largest absolute Gasteiger partial charge is 0.383 e. The van der Waals surface area contributed by atoms with Crippen molar-refractivity contribution in [3.05, 3.63) is 42.0 Å². The van der Waals surface area contributed by atoms with Crippen LogP contribution in [0.25, 0.3) is 0 Å². The Bertz CT molecular complexity index is 609. The van der Waals surface area contributed by atoms with Gasteiger partial charge in [-0.2, -0.15) is 0 Å². The zero-order valence-corrected chi connectivity index (χ0v) is 15.9. The second-order valence-electron chi connectivity index (χ2n) is 6.93. The van der Waals surface area contributed by atoms with E-state index < -0.39 is 0 Å². The van der Waals surface area contributed by atoms with Gasteiger partial charge in [-0.15, -0.1) is 0 Å². The Hall–Kier alpha value is -2.18. The molecule has 3 N–H and O–H groups in total. The van der Waals surface area contributed by atoms with E-state index >= 15 is 0 Å². The molecule has 1 aromatic carbocycles. The Labute approximate surface area is 156 Å². The number of carbonyl (C=O) groups excluding carboxylic acids is 2. The third-order valence-electron chi connectivity index (χ3n) is 4.39. The van der Waals surface area contributed by atoms with Gasteiger partial charge in [0.2, 0.25) is 0 Å². The molecular formula is C20H30N4O2. The zero-order chi connectivity index (χ0) is 18.9. The van der Waals surface area contributed by atoms with Crippen LogP contribution in [-0.2, 0) is 9.59 Å². The average molecular weight is 358 g/mol. The lowest BCUT2D eigenvalue weighted by molar-refractivity contribution is -0.136. The van der Waals surface area contributed by atoms with Crippen molar-refractivity contribution in [2.75, 3.05) is 31.5 Å². The number of carbonyl (C=O) groups is 2. The number of benzene rings is 1. The monoisotopic (exact) mass is 358 g/mol. The van der Waals surface area contributed by atoms with Gasteiger partial charge in [-0.05, 0) is 45.9 Å². The number of anilines is 1. The van der Waals surface area contributed by atoms with Gasteiger partial charge in [0.25, 0.3) is 11.8 Å². The number of nitrogens with one attached hydrogen (secondary N) is 3. The summed E-state index contributed by atoms with van der Waals surface area (Å²) in [6.07, 6.45) is 3.41. The lowest BCUT2D eigenvalue weighted by atomic mass is 10.2. The lowest BCUT2D eigenvalue weighted by Crippen LogP contribution is -2.43. The summed E-state index contributed by atoms with van der Waals surface area (Å²) in [5.41, 5.74) is 2.40. The van der Waals surface area contributed by atoms with E-state index in [-0.39, 0.29) is 11.8 Å². The normalized spacial score (nSPS) is 16.2. The van der Waals surface area contributed by atoms with Crippen LogP contribution in [0, 0.1) is 6.92 Å². The molecule has 0 fully saturated rings. The summed E-state index contributed by atoms with van der Waals surface area (Å²) < 4.78 is 0. The fourth-order valence-corrected chi connectivity index (χ4v) is 2.70. The Morgan fingerprint density at radius 3 is 2.19 bits per heavy atom. The second kappa shape index (κ2) is 10.1. The van der Waals surface area contributed by atoms with Crippen molar-refractivity contribution < 1.29 is 9.59 Å². The molecule has 6 heteroatoms. The number of hydrogen-bond donors (Lipinski definition) is 3. The van der Waals surface area contributed by atoms with E-state index in [9.17, 15) is 9.59 Å². The Balaban J connectivity index is 1.53. The van der Waals surface area contributed by atoms with Gasteiger partial charge in [-0.25, -0.2) is 0 Å². The summed E-state index contributed by atoms with van der Waals surface area (Å²) in [5.74, 6) is -0.417. The van der Waals surface area contributed by atoms with Crippen LogP contribution in [0.15, 0.2) is 36.4 Å². The highest BCUT2D eigenvalue weighted by molar-refractivity contribution is 6.12. The van der Waals surface area contributed by atoms with E-state index in [1.165, 1.54) is 22.6 Å². The van der Waals surface area contributed by atoms with E-state index in [4.69, 9.17) is 0 Å². The average Bonchev–Trinajstić information content (AvgIpc) is 2.94. The van der Waals surface area contributed by atoms with Gasteiger partial charge in [0.1, 0.15) is 0 Å². The summed E-state index contributed by atoms with van der Waals surface area (Å²) in [6, 6.07) is 9.07. The van der Waals surface area contributed by atoms with Crippen LogP contribution < -0.4 is 16.0 Å². The van der Waals surface area contributed by atoms with Crippen molar-refractivity contribution in [1.82, 2.24) is 15.5 Å². The molecule has 0 unspecified atom stereocenters. The molecule has 0 saturated carbocycles. The predicted molar refractivity (Wildman–Crippen MR) is 105 cm³/mol. The maximum Gasteiger partial charge on any atom is 0.253 e. The Kier molecular flexibility index (Phi) is 7.81. The smallest absolute Gasteiger partial charge is 0.253 e. The van der Waals surface area contributed by atoms with Crippen LogP contribution >= 0.6 is 0 Å². The minimum absolute atomic E-state index is 0.209. The first-order chi connectivity index (χ1) is 12.5. The van der Waals surface area contributed by atoms with Crippen LogP contribution in [0.2, 0.25) is 0 Å². The fourth-order valence-electron chi connectivity index (χ4n) is 2.70. The first-order valence-electron chi connectivity index (χ1n) is 9.26. The number of amides is 2. The molecule has 1 aromatic rings. The van der Waals surface area contributed by atoms with Crippen molar-refractivity contribution in [3.63, 3.8) is 0 Å². The number of aryl methyl sites for hydroxylation is 1. The van der Waals surface area contributed by atoms with Gasteiger partial charge in [0, 0.05) is 49.6 Å². The molecule has 0 aromatic heterocycles. The van der Waals surface area contributed by atoms with Crippen LogP contribution in [0.5, 0.6) is 0 Å². The summed E-state index contributed by atoms with van der Waals surface area (Å²) >= 11 is 0. The minimum atomic E-state index is -0.209. The topological polar surface area (TPSA) is 73.5 Å². The number of imide groups is 1. The quantitative estimate of drug-likeness (QED) is 0.415. The van der Waals surface area contributed by atoms with Crippen molar-refractivity contribution >= 4 is 17.5 Å². The number of hydrogen-bond acceptors (Lipinski definition) is 5. The molecule has 26 heavy (non-hydrogen) atoms. The third kappa shape index (κ3) is 6.61. The van der Waals surface area contributed by atoms with Gasteiger partial charge in [-0.3, -0.25) is 14.5 Å². The van der Waals surface area contributed by atoms with Crippen LogP contribution in [0.3, 0.4) is 0 Å². The lowest BCUT2D eigenvalue weighted by Gasteiger charge is -2.20. The molecular weight excluding hydrogens is 328 g/mol. The molecule has 1 heterocycles. The van der Waals surface area contributed by atoms with Crippen molar-refractivity contribution in [3.8, 4) is 0 Å². The van der Waals surface area contributed by atoms with Crippen molar-refractivity contribution in [1.29, 1.82) is 0 Å². The van der Waals surface area contributed by atoms with Gasteiger partial charge in [0.15, 0.2) is 0 Å². The van der Waals surface area contributed by atoms with Gasteiger partial charge < -0.3 is 16.0 Å². The highest BCUT2D eigenvalue weighted by Gasteiger charge is 2.22. The molecule has 0 saturated heterocycles. The summed E-state index contributed by atoms with van der Waals surface area (Å²) in [6.45, 7) is 9.33. The first-order valence-corrected chi connectivity index (χ1v) is 9.26. The summed E-state index contributed by atoms with van der Waals surface area (Å²) in [4.78, 5) is 24.2. The molecule has 0 aliphatic carbocycles. The van der Waals surface area contributed by atoms with Crippen molar-refractivity contribution in [2.45, 2.75) is 39.3 Å². The van der Waals surface area contributed by atoms with Gasteiger partial charge >= 0.3 is 0 Å². The maximum absolute atomic E-state index is 11.5. The molecule has 2 rings (SSSR count). The predicted octanol–water partition coefficient (Wildman–Crippen LogP) is 1.68. The number of rotatable bonds is 11. The molecule has 6 nitrogen and oxygen atoms in total.